The van der Waals surface area contributed by atoms with E-state index in [9.17, 15) is 0 Å². The molecule has 2 atom stereocenters. The van der Waals surface area contributed by atoms with Gasteiger partial charge in [-0.2, -0.15) is 0 Å². The van der Waals surface area contributed by atoms with Gasteiger partial charge in [0.1, 0.15) is 0 Å². The van der Waals surface area contributed by atoms with Crippen molar-refractivity contribution in [3.8, 4) is 0 Å². The fourth-order valence-corrected chi connectivity index (χ4v) is 2.69. The zero-order valence-electron chi connectivity index (χ0n) is 7.13. The highest BCUT2D eigenvalue weighted by Crippen LogP contribution is 2.27. The summed E-state index contributed by atoms with van der Waals surface area (Å²) in [5.74, 6) is 0. The van der Waals surface area contributed by atoms with Crippen molar-refractivity contribution in [3.05, 3.63) is 0 Å². The SMILES string of the molecule is CSN1C(C)CCCC1C. The first-order valence-electron chi connectivity index (χ1n) is 4.08. The lowest BCUT2D eigenvalue weighted by Gasteiger charge is -2.36. The van der Waals surface area contributed by atoms with Crippen LogP contribution in [0.25, 0.3) is 0 Å². The quantitative estimate of drug-likeness (QED) is 0.541. The van der Waals surface area contributed by atoms with Gasteiger partial charge in [0.2, 0.25) is 0 Å². The van der Waals surface area contributed by atoms with Crippen molar-refractivity contribution < 1.29 is 0 Å². The molecule has 0 radical (unpaired) electrons. The van der Waals surface area contributed by atoms with Gasteiger partial charge in [0.05, 0.1) is 0 Å². The fraction of sp³-hybridized carbons (Fsp3) is 1.00. The van der Waals surface area contributed by atoms with Crippen LogP contribution in [0.1, 0.15) is 33.1 Å². The summed E-state index contributed by atoms with van der Waals surface area (Å²) in [6.45, 7) is 4.65. The van der Waals surface area contributed by atoms with Crippen molar-refractivity contribution >= 4 is 11.9 Å². The highest BCUT2D eigenvalue weighted by atomic mass is 32.2. The second kappa shape index (κ2) is 3.63. The minimum Gasteiger partial charge on any atom is -0.245 e. The molecule has 0 aromatic heterocycles. The Hall–Kier alpha value is 0.310. The van der Waals surface area contributed by atoms with Gasteiger partial charge in [-0.05, 0) is 32.9 Å². The molecule has 1 heterocycles. The average molecular weight is 159 g/mol. The van der Waals surface area contributed by atoms with Crippen molar-refractivity contribution in [2.45, 2.75) is 45.2 Å². The summed E-state index contributed by atoms with van der Waals surface area (Å²) < 4.78 is 2.52. The molecule has 0 aromatic carbocycles. The molecule has 0 aromatic rings. The molecule has 0 N–H and O–H groups in total. The number of rotatable bonds is 1. The predicted octanol–water partition coefficient (Wildman–Crippen LogP) is 2.53. The molecular formula is C8H17NS. The summed E-state index contributed by atoms with van der Waals surface area (Å²) >= 11 is 1.90. The van der Waals surface area contributed by atoms with Crippen LogP contribution in [-0.2, 0) is 0 Å². The highest BCUT2D eigenvalue weighted by molar-refractivity contribution is 7.96. The Morgan fingerprint density at radius 3 is 2.00 bits per heavy atom. The van der Waals surface area contributed by atoms with Gasteiger partial charge < -0.3 is 0 Å². The number of hydrogen-bond donors (Lipinski definition) is 0. The maximum atomic E-state index is 2.52. The van der Waals surface area contributed by atoms with Gasteiger partial charge in [-0.3, -0.25) is 0 Å². The number of hydrogen-bond acceptors (Lipinski definition) is 2. The molecule has 2 heteroatoms. The van der Waals surface area contributed by atoms with Gasteiger partial charge in [-0.1, -0.05) is 18.4 Å². The molecular weight excluding hydrogens is 142 g/mol. The number of piperidine rings is 1. The van der Waals surface area contributed by atoms with E-state index in [1.807, 2.05) is 11.9 Å². The lowest BCUT2D eigenvalue weighted by atomic mass is 10.0. The Morgan fingerprint density at radius 2 is 1.70 bits per heavy atom. The second-order valence-electron chi connectivity index (χ2n) is 3.17. The highest BCUT2D eigenvalue weighted by Gasteiger charge is 2.23. The van der Waals surface area contributed by atoms with Crippen LogP contribution in [0.2, 0.25) is 0 Å². The van der Waals surface area contributed by atoms with Crippen LogP contribution < -0.4 is 0 Å². The molecule has 0 aliphatic carbocycles. The second-order valence-corrected chi connectivity index (χ2v) is 3.96. The van der Waals surface area contributed by atoms with E-state index in [4.69, 9.17) is 0 Å². The van der Waals surface area contributed by atoms with E-state index in [0.717, 1.165) is 12.1 Å². The van der Waals surface area contributed by atoms with Gasteiger partial charge in [0.15, 0.2) is 0 Å². The van der Waals surface area contributed by atoms with Gasteiger partial charge in [0, 0.05) is 12.1 Å². The van der Waals surface area contributed by atoms with Gasteiger partial charge >= 0.3 is 0 Å². The van der Waals surface area contributed by atoms with E-state index < -0.39 is 0 Å². The first kappa shape index (κ1) is 8.41. The average Bonchev–Trinajstić information content (AvgIpc) is 1.88. The van der Waals surface area contributed by atoms with Crippen LogP contribution in [0.4, 0.5) is 0 Å². The maximum Gasteiger partial charge on any atom is 0.0177 e. The van der Waals surface area contributed by atoms with Gasteiger partial charge in [-0.25, -0.2) is 4.31 Å². The molecule has 1 nitrogen and oxygen atoms in total. The summed E-state index contributed by atoms with van der Waals surface area (Å²) in [4.78, 5) is 0. The fourth-order valence-electron chi connectivity index (χ4n) is 1.76. The third kappa shape index (κ3) is 1.67. The molecule has 2 unspecified atom stereocenters. The minimum atomic E-state index is 0.791. The molecule has 1 aliphatic rings. The third-order valence-corrected chi connectivity index (χ3v) is 3.46. The molecule has 0 spiro atoms. The molecule has 10 heavy (non-hydrogen) atoms. The third-order valence-electron chi connectivity index (χ3n) is 2.32. The van der Waals surface area contributed by atoms with Crippen LogP contribution in [0.3, 0.4) is 0 Å². The molecule has 1 rings (SSSR count). The molecule has 0 amide bonds. The molecule has 1 aliphatic heterocycles. The van der Waals surface area contributed by atoms with E-state index >= 15 is 0 Å². The maximum absolute atomic E-state index is 2.52. The Balaban J connectivity index is 2.45. The molecule has 0 saturated carbocycles. The van der Waals surface area contributed by atoms with Crippen LogP contribution >= 0.6 is 11.9 Å². The Kier molecular flexibility index (Phi) is 3.05. The van der Waals surface area contributed by atoms with Crippen molar-refractivity contribution in [3.63, 3.8) is 0 Å². The zero-order valence-corrected chi connectivity index (χ0v) is 7.95. The van der Waals surface area contributed by atoms with Crippen molar-refractivity contribution in [1.82, 2.24) is 4.31 Å². The van der Waals surface area contributed by atoms with Crippen LogP contribution in [0.5, 0.6) is 0 Å². The first-order chi connectivity index (χ1) is 4.75. The summed E-state index contributed by atoms with van der Waals surface area (Å²) in [5, 5.41) is 0. The molecule has 1 fully saturated rings. The van der Waals surface area contributed by atoms with Gasteiger partial charge in [0.25, 0.3) is 0 Å². The topological polar surface area (TPSA) is 3.24 Å². The zero-order chi connectivity index (χ0) is 7.56. The molecule has 1 saturated heterocycles. The van der Waals surface area contributed by atoms with E-state index in [1.54, 1.807) is 0 Å². The van der Waals surface area contributed by atoms with Crippen LogP contribution in [-0.4, -0.2) is 22.6 Å². The summed E-state index contributed by atoms with van der Waals surface area (Å²) in [6.07, 6.45) is 6.36. The summed E-state index contributed by atoms with van der Waals surface area (Å²) in [5.41, 5.74) is 0. The number of nitrogens with zero attached hydrogens (tertiary/aromatic N) is 1. The Morgan fingerprint density at radius 1 is 1.20 bits per heavy atom. The van der Waals surface area contributed by atoms with Crippen molar-refractivity contribution in [1.29, 1.82) is 0 Å². The predicted molar refractivity (Wildman–Crippen MR) is 48.1 cm³/mol. The Bertz CT molecular complexity index is 95.4. The lowest BCUT2D eigenvalue weighted by Crippen LogP contribution is -2.38. The van der Waals surface area contributed by atoms with Crippen molar-refractivity contribution in [2.75, 3.05) is 6.26 Å². The van der Waals surface area contributed by atoms with Crippen molar-refractivity contribution in [2.24, 2.45) is 0 Å². The van der Waals surface area contributed by atoms with E-state index in [0.29, 0.717) is 0 Å². The summed E-state index contributed by atoms with van der Waals surface area (Å²) in [7, 11) is 0. The van der Waals surface area contributed by atoms with Crippen LogP contribution in [0.15, 0.2) is 0 Å². The normalized spacial score (nSPS) is 36.3. The van der Waals surface area contributed by atoms with Crippen LogP contribution in [0, 0.1) is 0 Å². The molecule has 0 bridgehead atoms. The van der Waals surface area contributed by atoms with E-state index in [2.05, 4.69) is 24.4 Å². The minimum absolute atomic E-state index is 0.791. The first-order valence-corrected chi connectivity index (χ1v) is 5.26. The largest absolute Gasteiger partial charge is 0.245 e. The van der Waals surface area contributed by atoms with Gasteiger partial charge in [-0.15, -0.1) is 0 Å². The Labute approximate surface area is 68.3 Å². The summed E-state index contributed by atoms with van der Waals surface area (Å²) in [6, 6.07) is 1.58. The van der Waals surface area contributed by atoms with E-state index in [1.165, 1.54) is 19.3 Å². The monoisotopic (exact) mass is 159 g/mol. The smallest absolute Gasteiger partial charge is 0.0177 e. The standard InChI is InChI=1S/C8H17NS/c1-7-5-4-6-8(2)9(7)10-3/h7-8H,4-6H2,1-3H3. The molecule has 60 valence electrons. The van der Waals surface area contributed by atoms with E-state index in [-0.39, 0.29) is 0 Å². The lowest BCUT2D eigenvalue weighted by molar-refractivity contribution is 0.224.